The van der Waals surface area contributed by atoms with E-state index in [1.807, 2.05) is 20.9 Å². The molecule has 0 amide bonds. The summed E-state index contributed by atoms with van der Waals surface area (Å²) >= 11 is 6.05. The highest BCUT2D eigenvalue weighted by Gasteiger charge is 2.18. The van der Waals surface area contributed by atoms with Crippen molar-refractivity contribution in [1.82, 2.24) is 19.5 Å². The monoisotopic (exact) mass is 350 g/mol. The Morgan fingerprint density at radius 2 is 2.04 bits per heavy atom. The van der Waals surface area contributed by atoms with Gasteiger partial charge in [0.2, 0.25) is 0 Å². The Bertz CT molecular complexity index is 937. The molecule has 2 heterocycles. The van der Waals surface area contributed by atoms with Gasteiger partial charge in [0, 0.05) is 35.3 Å². The number of aryl methyl sites for hydroxylation is 2. The van der Waals surface area contributed by atoms with Crippen molar-refractivity contribution in [2.24, 2.45) is 7.05 Å². The maximum absolute atomic E-state index is 14.0. The third kappa shape index (κ3) is 2.87. The Morgan fingerprint density at radius 3 is 2.67 bits per heavy atom. The van der Waals surface area contributed by atoms with Gasteiger partial charge in [-0.3, -0.25) is 13.8 Å². The van der Waals surface area contributed by atoms with Gasteiger partial charge in [0.1, 0.15) is 5.82 Å². The fourth-order valence-corrected chi connectivity index (χ4v) is 2.87. The SMILES string of the molecule is Cc1nn(C)c(C)c1Cc1noc(=O)n1Cc1c(F)cccc1Cl. The third-order valence-electron chi connectivity index (χ3n) is 4.13. The normalized spacial score (nSPS) is 11.2. The molecule has 0 spiro atoms. The molecule has 3 aromatic rings. The minimum absolute atomic E-state index is 0.0401. The van der Waals surface area contributed by atoms with Gasteiger partial charge >= 0.3 is 5.76 Å². The summed E-state index contributed by atoms with van der Waals surface area (Å²) in [5.41, 5.74) is 3.00. The molecule has 0 N–H and O–H groups in total. The van der Waals surface area contributed by atoms with E-state index in [-0.39, 0.29) is 17.1 Å². The Labute approximate surface area is 142 Å². The molecule has 24 heavy (non-hydrogen) atoms. The van der Waals surface area contributed by atoms with Crippen molar-refractivity contribution in [3.05, 3.63) is 67.9 Å². The fraction of sp³-hybridized carbons (Fsp3) is 0.312. The average Bonchev–Trinajstić information content (AvgIpc) is 2.98. The van der Waals surface area contributed by atoms with Crippen LogP contribution in [0.1, 0.15) is 28.3 Å². The van der Waals surface area contributed by atoms with Crippen molar-refractivity contribution in [2.75, 3.05) is 0 Å². The summed E-state index contributed by atoms with van der Waals surface area (Å²) in [5.74, 6) is -0.725. The molecule has 0 bridgehead atoms. The molecule has 2 aromatic heterocycles. The van der Waals surface area contributed by atoms with Crippen molar-refractivity contribution in [3.63, 3.8) is 0 Å². The molecular weight excluding hydrogens is 335 g/mol. The average molecular weight is 351 g/mol. The molecule has 0 radical (unpaired) electrons. The molecule has 0 aliphatic carbocycles. The number of nitrogens with zero attached hydrogens (tertiary/aromatic N) is 4. The van der Waals surface area contributed by atoms with Crippen LogP contribution in [0.4, 0.5) is 4.39 Å². The summed E-state index contributed by atoms with van der Waals surface area (Å²) in [6.45, 7) is 3.78. The lowest BCUT2D eigenvalue weighted by Crippen LogP contribution is -2.19. The van der Waals surface area contributed by atoms with Crippen LogP contribution in [-0.2, 0) is 20.0 Å². The highest BCUT2D eigenvalue weighted by Crippen LogP contribution is 2.21. The van der Waals surface area contributed by atoms with Crippen LogP contribution in [0.15, 0.2) is 27.5 Å². The summed E-state index contributed by atoms with van der Waals surface area (Å²) < 4.78 is 21.8. The molecule has 0 saturated carbocycles. The van der Waals surface area contributed by atoms with E-state index in [0.717, 1.165) is 17.0 Å². The van der Waals surface area contributed by atoms with Gasteiger partial charge in [-0.15, -0.1) is 0 Å². The van der Waals surface area contributed by atoms with Crippen LogP contribution in [-0.4, -0.2) is 19.5 Å². The molecule has 0 atom stereocenters. The number of halogens is 2. The second-order valence-corrected chi connectivity index (χ2v) is 6.01. The van der Waals surface area contributed by atoms with Crippen LogP contribution in [0.3, 0.4) is 0 Å². The van der Waals surface area contributed by atoms with Crippen molar-refractivity contribution in [3.8, 4) is 0 Å². The largest absolute Gasteiger partial charge is 0.441 e. The van der Waals surface area contributed by atoms with Crippen LogP contribution >= 0.6 is 11.6 Å². The van der Waals surface area contributed by atoms with Crippen LogP contribution < -0.4 is 5.76 Å². The molecule has 6 nitrogen and oxygen atoms in total. The summed E-state index contributed by atoms with van der Waals surface area (Å²) in [7, 11) is 1.85. The topological polar surface area (TPSA) is 65.8 Å². The van der Waals surface area contributed by atoms with Gasteiger partial charge in [0.25, 0.3) is 0 Å². The summed E-state index contributed by atoms with van der Waals surface area (Å²) in [6.07, 6.45) is 0.364. The number of aromatic nitrogens is 4. The molecule has 8 heteroatoms. The number of hydrogen-bond donors (Lipinski definition) is 0. The van der Waals surface area contributed by atoms with Crippen LogP contribution in [0.5, 0.6) is 0 Å². The molecule has 0 aliphatic rings. The molecule has 0 saturated heterocycles. The van der Waals surface area contributed by atoms with Crippen molar-refractivity contribution in [1.29, 1.82) is 0 Å². The molecule has 0 fully saturated rings. The highest BCUT2D eigenvalue weighted by atomic mass is 35.5. The Hall–Kier alpha value is -2.41. The Morgan fingerprint density at radius 1 is 1.29 bits per heavy atom. The van der Waals surface area contributed by atoms with Gasteiger partial charge in [0.15, 0.2) is 5.82 Å². The van der Waals surface area contributed by atoms with E-state index in [9.17, 15) is 9.18 Å². The lowest BCUT2D eigenvalue weighted by molar-refractivity contribution is 0.374. The first-order chi connectivity index (χ1) is 11.4. The zero-order valence-corrected chi connectivity index (χ0v) is 14.3. The summed E-state index contributed by atoms with van der Waals surface area (Å²) in [6, 6.07) is 4.39. The van der Waals surface area contributed by atoms with Gasteiger partial charge in [-0.25, -0.2) is 9.18 Å². The van der Waals surface area contributed by atoms with Crippen LogP contribution in [0, 0.1) is 19.7 Å². The summed E-state index contributed by atoms with van der Waals surface area (Å²) in [5, 5.41) is 8.43. The van der Waals surface area contributed by atoms with Gasteiger partial charge in [-0.05, 0) is 26.0 Å². The van der Waals surface area contributed by atoms with Gasteiger partial charge in [0.05, 0.1) is 12.2 Å². The van der Waals surface area contributed by atoms with E-state index in [2.05, 4.69) is 10.3 Å². The molecule has 1 aromatic carbocycles. The predicted octanol–water partition coefficient (Wildman–Crippen LogP) is 2.62. The van der Waals surface area contributed by atoms with Gasteiger partial charge < -0.3 is 0 Å². The zero-order chi connectivity index (χ0) is 17.4. The Kier molecular flexibility index (Phi) is 4.28. The van der Waals surface area contributed by atoms with E-state index in [0.29, 0.717) is 12.2 Å². The zero-order valence-electron chi connectivity index (χ0n) is 13.5. The maximum atomic E-state index is 14.0. The van der Waals surface area contributed by atoms with E-state index in [4.69, 9.17) is 16.1 Å². The van der Waals surface area contributed by atoms with Crippen molar-refractivity contribution in [2.45, 2.75) is 26.8 Å². The minimum atomic E-state index is -0.650. The lowest BCUT2D eigenvalue weighted by Gasteiger charge is -2.08. The van der Waals surface area contributed by atoms with E-state index in [1.165, 1.54) is 16.7 Å². The van der Waals surface area contributed by atoms with E-state index in [1.54, 1.807) is 10.7 Å². The molecule has 0 unspecified atom stereocenters. The predicted molar refractivity (Wildman–Crippen MR) is 86.8 cm³/mol. The number of rotatable bonds is 4. The first-order valence-electron chi connectivity index (χ1n) is 7.35. The smallest absolute Gasteiger partial charge is 0.296 e. The van der Waals surface area contributed by atoms with Crippen molar-refractivity contribution < 1.29 is 8.91 Å². The van der Waals surface area contributed by atoms with E-state index < -0.39 is 11.6 Å². The van der Waals surface area contributed by atoms with Gasteiger partial charge in [-0.1, -0.05) is 22.8 Å². The summed E-state index contributed by atoms with van der Waals surface area (Å²) in [4.78, 5) is 12.0. The second kappa shape index (κ2) is 6.24. The van der Waals surface area contributed by atoms with Crippen LogP contribution in [0.2, 0.25) is 5.02 Å². The molecule has 126 valence electrons. The molecule has 3 rings (SSSR count). The second-order valence-electron chi connectivity index (χ2n) is 5.60. The molecule has 0 aliphatic heterocycles. The van der Waals surface area contributed by atoms with Crippen molar-refractivity contribution >= 4 is 11.6 Å². The minimum Gasteiger partial charge on any atom is -0.296 e. The van der Waals surface area contributed by atoms with Gasteiger partial charge in [-0.2, -0.15) is 5.10 Å². The standard InChI is InChI=1S/C16H16ClFN4O2/c1-9-11(10(2)21(3)19-9)7-15-20-24-16(23)22(15)8-12-13(17)5-4-6-14(12)18/h4-6H,7-8H2,1-3H3. The highest BCUT2D eigenvalue weighted by molar-refractivity contribution is 6.31. The number of hydrogen-bond acceptors (Lipinski definition) is 4. The Balaban J connectivity index is 1.99. The quantitative estimate of drug-likeness (QED) is 0.725. The third-order valence-corrected chi connectivity index (χ3v) is 4.49. The molecular formula is C16H16ClFN4O2. The fourth-order valence-electron chi connectivity index (χ4n) is 2.65. The van der Waals surface area contributed by atoms with Crippen LogP contribution in [0.25, 0.3) is 0 Å². The lowest BCUT2D eigenvalue weighted by atomic mass is 10.1. The van der Waals surface area contributed by atoms with E-state index >= 15 is 0 Å². The number of benzene rings is 1. The first kappa shape index (κ1) is 16.4. The first-order valence-corrected chi connectivity index (χ1v) is 7.73. The maximum Gasteiger partial charge on any atom is 0.441 e.